The van der Waals surface area contributed by atoms with Gasteiger partial charge < -0.3 is 10.2 Å². The Morgan fingerprint density at radius 1 is 1.69 bits per heavy atom. The number of hydrogen-bond donors (Lipinski definition) is 1. The number of nitrogens with one attached hydrogen (secondary N) is 1. The van der Waals surface area contributed by atoms with E-state index >= 15 is 0 Å². The van der Waals surface area contributed by atoms with E-state index in [1.165, 1.54) is 0 Å². The molecule has 4 heteroatoms. The topological polar surface area (TPSA) is 50.7 Å². The zero-order chi connectivity index (χ0) is 10.1. The van der Waals surface area contributed by atoms with Gasteiger partial charge in [0.2, 0.25) is 0 Å². The van der Waals surface area contributed by atoms with Crippen LogP contribution in [-0.4, -0.2) is 23.8 Å². The zero-order valence-corrected chi connectivity index (χ0v) is 8.55. The summed E-state index contributed by atoms with van der Waals surface area (Å²) in [6.07, 6.45) is 0. The third-order valence-corrected chi connectivity index (χ3v) is 2.44. The van der Waals surface area contributed by atoms with Crippen molar-refractivity contribution < 1.29 is 9.53 Å². The Kier molecular flexibility index (Phi) is 2.59. The Labute approximate surface area is 78.3 Å². The summed E-state index contributed by atoms with van der Waals surface area (Å²) >= 11 is 0. The fraction of sp³-hybridized carbons (Fsp3) is 0.778. The van der Waals surface area contributed by atoms with Gasteiger partial charge in [0.1, 0.15) is 0 Å². The Bertz CT molecular complexity index is 246. The van der Waals surface area contributed by atoms with Crippen LogP contribution in [0, 0.1) is 5.92 Å². The molecule has 1 unspecified atom stereocenters. The molecule has 1 heterocycles. The van der Waals surface area contributed by atoms with Gasteiger partial charge in [0.15, 0.2) is 5.71 Å². The number of esters is 1. The van der Waals surface area contributed by atoms with Crippen LogP contribution in [0.4, 0.5) is 0 Å². The molecule has 0 saturated heterocycles. The molecular weight excluding hydrogens is 168 g/mol. The maximum Gasteiger partial charge on any atom is 0.354 e. The smallest absolute Gasteiger partial charge is 0.354 e. The maximum absolute atomic E-state index is 11.4. The molecule has 4 nitrogen and oxygen atoms in total. The second-order valence-electron chi connectivity index (χ2n) is 3.77. The molecule has 1 N–H and O–H groups in total. The summed E-state index contributed by atoms with van der Waals surface area (Å²) in [4.78, 5) is 11.4. The van der Waals surface area contributed by atoms with E-state index in [1.54, 1.807) is 6.92 Å². The van der Waals surface area contributed by atoms with Crippen LogP contribution < -0.4 is 5.43 Å². The van der Waals surface area contributed by atoms with Gasteiger partial charge in [-0.15, -0.1) is 0 Å². The number of hydrazone groups is 1. The standard InChI is InChI=1S/C9H16N2O2/c1-5-13-8(12)7-6(2)9(3,4)11-10-7/h6,11H,5H2,1-4H3. The molecule has 0 radical (unpaired) electrons. The minimum Gasteiger partial charge on any atom is -0.461 e. The van der Waals surface area contributed by atoms with E-state index in [-0.39, 0.29) is 17.4 Å². The van der Waals surface area contributed by atoms with Crippen LogP contribution >= 0.6 is 0 Å². The van der Waals surface area contributed by atoms with E-state index in [0.717, 1.165) is 0 Å². The van der Waals surface area contributed by atoms with E-state index in [0.29, 0.717) is 12.3 Å². The molecule has 0 saturated carbocycles. The molecule has 0 amide bonds. The van der Waals surface area contributed by atoms with Crippen molar-refractivity contribution >= 4 is 11.7 Å². The maximum atomic E-state index is 11.4. The summed E-state index contributed by atoms with van der Waals surface area (Å²) in [5.41, 5.74) is 3.26. The lowest BCUT2D eigenvalue weighted by molar-refractivity contribution is -0.135. The number of rotatable bonds is 2. The molecule has 0 aromatic carbocycles. The van der Waals surface area contributed by atoms with E-state index in [4.69, 9.17) is 4.74 Å². The highest BCUT2D eigenvalue weighted by atomic mass is 16.5. The third-order valence-electron chi connectivity index (χ3n) is 2.44. The first-order chi connectivity index (χ1) is 5.99. The summed E-state index contributed by atoms with van der Waals surface area (Å²) in [6.45, 7) is 8.16. The molecule has 0 aromatic heterocycles. The molecule has 0 bridgehead atoms. The first-order valence-corrected chi connectivity index (χ1v) is 4.51. The largest absolute Gasteiger partial charge is 0.461 e. The highest BCUT2D eigenvalue weighted by Crippen LogP contribution is 2.23. The number of carbonyl (C=O) groups is 1. The van der Waals surface area contributed by atoms with E-state index in [9.17, 15) is 4.79 Å². The highest BCUT2D eigenvalue weighted by Gasteiger charge is 2.38. The van der Waals surface area contributed by atoms with Crippen molar-refractivity contribution in [2.45, 2.75) is 33.2 Å². The van der Waals surface area contributed by atoms with E-state index in [1.807, 2.05) is 20.8 Å². The van der Waals surface area contributed by atoms with Crippen molar-refractivity contribution in [3.8, 4) is 0 Å². The Morgan fingerprint density at radius 2 is 2.31 bits per heavy atom. The monoisotopic (exact) mass is 184 g/mol. The second-order valence-corrected chi connectivity index (χ2v) is 3.77. The average molecular weight is 184 g/mol. The summed E-state index contributed by atoms with van der Waals surface area (Å²) in [7, 11) is 0. The Morgan fingerprint density at radius 3 is 2.69 bits per heavy atom. The summed E-state index contributed by atoms with van der Waals surface area (Å²) < 4.78 is 4.88. The Hall–Kier alpha value is -1.06. The normalized spacial score (nSPS) is 24.9. The van der Waals surface area contributed by atoms with Gasteiger partial charge in [0.05, 0.1) is 12.1 Å². The van der Waals surface area contributed by atoms with Crippen LogP contribution in [0.25, 0.3) is 0 Å². The lowest BCUT2D eigenvalue weighted by atomic mass is 9.87. The van der Waals surface area contributed by atoms with Gasteiger partial charge in [-0.2, -0.15) is 5.10 Å². The molecular formula is C9H16N2O2. The average Bonchev–Trinajstić information content (AvgIpc) is 2.28. The molecule has 74 valence electrons. The van der Waals surface area contributed by atoms with Gasteiger partial charge >= 0.3 is 5.97 Å². The molecule has 13 heavy (non-hydrogen) atoms. The summed E-state index contributed by atoms with van der Waals surface area (Å²) in [5, 5.41) is 3.98. The van der Waals surface area contributed by atoms with Gasteiger partial charge in [-0.05, 0) is 20.8 Å². The number of carbonyl (C=O) groups excluding carboxylic acids is 1. The first-order valence-electron chi connectivity index (χ1n) is 4.51. The van der Waals surface area contributed by atoms with Crippen LogP contribution in [-0.2, 0) is 9.53 Å². The van der Waals surface area contributed by atoms with Crippen molar-refractivity contribution in [3.63, 3.8) is 0 Å². The first kappa shape index (κ1) is 10.0. The van der Waals surface area contributed by atoms with Crippen molar-refractivity contribution in [1.29, 1.82) is 0 Å². The minimum atomic E-state index is -0.312. The molecule has 0 aromatic rings. The zero-order valence-electron chi connectivity index (χ0n) is 8.55. The summed E-state index contributed by atoms with van der Waals surface area (Å²) in [5.74, 6) is -0.223. The highest BCUT2D eigenvalue weighted by molar-refractivity contribution is 6.37. The SMILES string of the molecule is CCOC(=O)C1=NNC(C)(C)C1C. The van der Waals surface area contributed by atoms with Crippen LogP contribution in [0.15, 0.2) is 5.10 Å². The van der Waals surface area contributed by atoms with Crippen LogP contribution in [0.5, 0.6) is 0 Å². The lowest BCUT2D eigenvalue weighted by Crippen LogP contribution is -2.40. The molecule has 0 aliphatic carbocycles. The molecule has 1 aliphatic heterocycles. The lowest BCUT2D eigenvalue weighted by Gasteiger charge is -2.23. The van der Waals surface area contributed by atoms with Crippen LogP contribution in [0.3, 0.4) is 0 Å². The van der Waals surface area contributed by atoms with Crippen LogP contribution in [0.2, 0.25) is 0 Å². The van der Waals surface area contributed by atoms with Gasteiger partial charge in [0, 0.05) is 5.92 Å². The number of hydrogen-bond acceptors (Lipinski definition) is 4. The van der Waals surface area contributed by atoms with Gasteiger partial charge in [-0.3, -0.25) is 0 Å². The fourth-order valence-electron chi connectivity index (χ4n) is 1.17. The third kappa shape index (κ3) is 1.82. The molecule has 1 aliphatic rings. The van der Waals surface area contributed by atoms with Gasteiger partial charge in [0.25, 0.3) is 0 Å². The second kappa shape index (κ2) is 3.36. The quantitative estimate of drug-likeness (QED) is 0.649. The molecule has 0 spiro atoms. The molecule has 1 rings (SSSR count). The summed E-state index contributed by atoms with van der Waals surface area (Å²) in [6, 6.07) is 0. The molecule has 1 atom stereocenters. The predicted molar refractivity (Wildman–Crippen MR) is 50.4 cm³/mol. The Balaban J connectivity index is 2.69. The number of ether oxygens (including phenoxy) is 1. The van der Waals surface area contributed by atoms with Crippen LogP contribution in [0.1, 0.15) is 27.7 Å². The van der Waals surface area contributed by atoms with Crippen molar-refractivity contribution in [1.82, 2.24) is 5.43 Å². The van der Waals surface area contributed by atoms with Gasteiger partial charge in [-0.25, -0.2) is 4.79 Å². The fourth-order valence-corrected chi connectivity index (χ4v) is 1.17. The minimum absolute atomic E-state index is 0.0894. The predicted octanol–water partition coefficient (Wildman–Crippen LogP) is 0.923. The number of nitrogens with zero attached hydrogens (tertiary/aromatic N) is 1. The molecule has 0 fully saturated rings. The van der Waals surface area contributed by atoms with E-state index in [2.05, 4.69) is 10.5 Å². The van der Waals surface area contributed by atoms with Crippen molar-refractivity contribution in [2.24, 2.45) is 11.0 Å². The van der Waals surface area contributed by atoms with Crippen molar-refractivity contribution in [2.75, 3.05) is 6.61 Å². The van der Waals surface area contributed by atoms with Gasteiger partial charge in [-0.1, -0.05) is 6.92 Å². The van der Waals surface area contributed by atoms with Crippen molar-refractivity contribution in [3.05, 3.63) is 0 Å². The van der Waals surface area contributed by atoms with E-state index < -0.39 is 0 Å².